The number of aromatic nitrogens is 5. The molecule has 3 heterocycles. The third kappa shape index (κ3) is 2.47. The Morgan fingerprint density at radius 2 is 1.89 bits per heavy atom. The van der Waals surface area contributed by atoms with Crippen molar-refractivity contribution in [2.24, 2.45) is 0 Å². The summed E-state index contributed by atoms with van der Waals surface area (Å²) in [7, 11) is 0. The van der Waals surface area contributed by atoms with Crippen molar-refractivity contribution < 1.29 is 8.83 Å². The van der Waals surface area contributed by atoms with E-state index in [1.165, 1.54) is 11.3 Å². The first-order chi connectivity index (χ1) is 9.11. The number of nitrogens with one attached hydrogen (secondary N) is 3. The zero-order valence-electron chi connectivity index (χ0n) is 9.38. The summed E-state index contributed by atoms with van der Waals surface area (Å²) in [5.74, 6) is 0.399. The molecule has 3 N–H and O–H groups in total. The van der Waals surface area contributed by atoms with Gasteiger partial charge in [-0.15, -0.1) is 10.2 Å². The number of aryl methyl sites for hydroxylation is 1. The molecule has 0 aliphatic heterocycles. The van der Waals surface area contributed by atoms with E-state index in [2.05, 4.69) is 30.7 Å². The Morgan fingerprint density at radius 1 is 1.16 bits per heavy atom. The van der Waals surface area contributed by atoms with E-state index in [-0.39, 0.29) is 15.7 Å². The van der Waals surface area contributed by atoms with Crippen LogP contribution in [0.4, 0.5) is 11.1 Å². The Kier molecular flexibility index (Phi) is 3.00. The van der Waals surface area contributed by atoms with E-state index in [1.807, 2.05) is 6.92 Å². The molecule has 0 unspecified atom stereocenters. The molecule has 0 atom stereocenters. The van der Waals surface area contributed by atoms with Gasteiger partial charge in [0.05, 0.1) is 5.69 Å². The summed E-state index contributed by atoms with van der Waals surface area (Å²) in [5.41, 5.74) is 0.756. The van der Waals surface area contributed by atoms with Gasteiger partial charge in [-0.25, -0.2) is 15.2 Å². The van der Waals surface area contributed by atoms with Crippen LogP contribution < -0.4 is 5.32 Å². The summed E-state index contributed by atoms with van der Waals surface area (Å²) in [4.78, 5) is 5.49. The molecule has 0 saturated carbocycles. The normalized spacial score (nSPS) is 10.8. The van der Waals surface area contributed by atoms with Crippen LogP contribution in [0.15, 0.2) is 8.83 Å². The Bertz CT molecular complexity index is 824. The first-order valence-electron chi connectivity index (χ1n) is 4.97. The summed E-state index contributed by atoms with van der Waals surface area (Å²) < 4.78 is 10.3. The quantitative estimate of drug-likeness (QED) is 0.633. The van der Waals surface area contributed by atoms with Crippen LogP contribution in [0.5, 0.6) is 0 Å². The van der Waals surface area contributed by atoms with Gasteiger partial charge in [0.25, 0.3) is 15.6 Å². The highest BCUT2D eigenvalue weighted by Crippen LogP contribution is 2.32. The fraction of sp³-hybridized carbons (Fsp3) is 0.125. The number of rotatable bonds is 3. The lowest BCUT2D eigenvalue weighted by atomic mass is 10.4. The molecule has 0 spiro atoms. The minimum Gasteiger partial charge on any atom is -0.408 e. The van der Waals surface area contributed by atoms with Crippen molar-refractivity contribution in [2.75, 3.05) is 5.32 Å². The number of hydrogen-bond acceptors (Lipinski definition) is 9. The predicted molar refractivity (Wildman–Crippen MR) is 72.5 cm³/mol. The second-order valence-corrected chi connectivity index (χ2v) is 5.14. The van der Waals surface area contributed by atoms with Crippen molar-refractivity contribution in [1.82, 2.24) is 25.4 Å². The summed E-state index contributed by atoms with van der Waals surface area (Å²) in [6, 6.07) is 0.244. The smallest absolute Gasteiger partial charge is 0.320 e. The van der Waals surface area contributed by atoms with Gasteiger partial charge < -0.3 is 8.83 Å². The summed E-state index contributed by atoms with van der Waals surface area (Å²) >= 11 is 10.9. The fourth-order valence-corrected chi connectivity index (χ4v) is 2.48. The van der Waals surface area contributed by atoms with E-state index in [4.69, 9.17) is 33.3 Å². The van der Waals surface area contributed by atoms with Crippen molar-refractivity contribution in [3.05, 3.63) is 15.4 Å². The number of hydrogen-bond donors (Lipinski definition) is 3. The zero-order valence-corrected chi connectivity index (χ0v) is 11.8. The molecule has 0 amide bonds. The number of anilines is 2. The van der Waals surface area contributed by atoms with Gasteiger partial charge in [-0.05, 0) is 31.4 Å². The second kappa shape index (κ2) is 4.68. The van der Waals surface area contributed by atoms with Gasteiger partial charge in [0.1, 0.15) is 4.88 Å². The van der Waals surface area contributed by atoms with Crippen molar-refractivity contribution in [3.8, 4) is 10.8 Å². The maximum Gasteiger partial charge on any atom is 0.320 e. The number of H-pyrrole nitrogens is 2. The predicted octanol–water partition coefficient (Wildman–Crippen LogP) is 2.95. The van der Waals surface area contributed by atoms with Crippen molar-refractivity contribution in [1.29, 1.82) is 0 Å². The summed E-state index contributed by atoms with van der Waals surface area (Å²) in [5, 5.41) is 16.3. The minimum absolute atomic E-state index is 0.189. The molecule has 0 bridgehead atoms. The van der Waals surface area contributed by atoms with Gasteiger partial charge in [0, 0.05) is 0 Å². The van der Waals surface area contributed by atoms with Crippen LogP contribution in [0.3, 0.4) is 0 Å². The van der Waals surface area contributed by atoms with E-state index < -0.39 is 0 Å². The third-order valence-electron chi connectivity index (χ3n) is 2.08. The Balaban J connectivity index is 1.93. The molecule has 0 aliphatic rings. The summed E-state index contributed by atoms with van der Waals surface area (Å²) in [6.07, 6.45) is 0. The lowest BCUT2D eigenvalue weighted by Gasteiger charge is -1.91. The molecule has 0 fully saturated rings. The van der Waals surface area contributed by atoms with Crippen LogP contribution in [0.25, 0.3) is 10.8 Å². The molecule has 0 saturated heterocycles. The fourth-order valence-electron chi connectivity index (χ4n) is 1.35. The maximum atomic E-state index is 5.25. The molecule has 98 valence electrons. The highest BCUT2D eigenvalue weighted by Gasteiger charge is 2.15. The van der Waals surface area contributed by atoms with Crippen molar-refractivity contribution >= 4 is 46.9 Å². The molecule has 0 aromatic carbocycles. The van der Waals surface area contributed by atoms with Crippen LogP contribution in [0, 0.1) is 16.6 Å². The van der Waals surface area contributed by atoms with E-state index >= 15 is 0 Å². The largest absolute Gasteiger partial charge is 0.408 e. The van der Waals surface area contributed by atoms with Crippen LogP contribution in [-0.4, -0.2) is 25.4 Å². The van der Waals surface area contributed by atoms with E-state index in [0.717, 1.165) is 10.6 Å². The molecule has 3 aromatic rings. The van der Waals surface area contributed by atoms with Crippen LogP contribution in [0.2, 0.25) is 0 Å². The zero-order chi connectivity index (χ0) is 13.4. The highest BCUT2D eigenvalue weighted by molar-refractivity contribution is 7.71. The standard InChI is InChI=1S/C8H6N6O2S3/c1-2-3(4-11-13-7(17)15-4)19-6(9-2)10-5-12-14-8(18)16-5/h1H3,(H,13,17)(H,14,18)(H,9,10,12). The molecule has 3 rings (SSSR count). The molecule has 3 aromatic heterocycles. The van der Waals surface area contributed by atoms with Gasteiger partial charge in [-0.3, -0.25) is 5.32 Å². The van der Waals surface area contributed by atoms with E-state index in [0.29, 0.717) is 11.0 Å². The van der Waals surface area contributed by atoms with Crippen LogP contribution in [-0.2, 0) is 0 Å². The molecule has 11 heteroatoms. The van der Waals surface area contributed by atoms with Crippen molar-refractivity contribution in [3.63, 3.8) is 0 Å². The van der Waals surface area contributed by atoms with Gasteiger partial charge in [-0.2, -0.15) is 0 Å². The molecule has 0 aliphatic carbocycles. The number of thiazole rings is 1. The first-order valence-corrected chi connectivity index (χ1v) is 6.61. The van der Waals surface area contributed by atoms with Crippen LogP contribution in [0.1, 0.15) is 5.69 Å². The minimum atomic E-state index is 0.189. The monoisotopic (exact) mass is 314 g/mol. The van der Waals surface area contributed by atoms with E-state index in [9.17, 15) is 0 Å². The number of aromatic amines is 2. The lowest BCUT2D eigenvalue weighted by molar-refractivity contribution is 0.553. The Hall–Kier alpha value is -1.85. The van der Waals surface area contributed by atoms with Crippen molar-refractivity contribution in [2.45, 2.75) is 6.92 Å². The molecule has 0 radical (unpaired) electrons. The van der Waals surface area contributed by atoms with Gasteiger partial charge in [0.2, 0.25) is 0 Å². The highest BCUT2D eigenvalue weighted by atomic mass is 32.1. The Labute approximate surface area is 119 Å². The second-order valence-electron chi connectivity index (χ2n) is 3.40. The van der Waals surface area contributed by atoms with Gasteiger partial charge >= 0.3 is 6.01 Å². The Morgan fingerprint density at radius 3 is 2.53 bits per heavy atom. The van der Waals surface area contributed by atoms with E-state index in [1.54, 1.807) is 0 Å². The SMILES string of the molecule is Cc1nc(Nc2n[nH]c(=S)o2)sc1-c1n[nH]c(=S)o1. The van der Waals surface area contributed by atoms with Crippen LogP contribution >= 0.6 is 35.8 Å². The molecular formula is C8H6N6O2S3. The topological polar surface area (TPSA) is 109 Å². The lowest BCUT2D eigenvalue weighted by Crippen LogP contribution is -1.89. The average Bonchev–Trinajstić information content (AvgIpc) is 3.02. The first kappa shape index (κ1) is 12.2. The van der Waals surface area contributed by atoms with Gasteiger partial charge in [0.15, 0.2) is 5.13 Å². The number of nitrogens with zero attached hydrogens (tertiary/aromatic N) is 3. The van der Waals surface area contributed by atoms with Gasteiger partial charge in [-0.1, -0.05) is 11.3 Å². The third-order valence-corrected chi connectivity index (χ3v) is 3.49. The average molecular weight is 314 g/mol. The molecule has 19 heavy (non-hydrogen) atoms. The molecule has 8 nitrogen and oxygen atoms in total. The summed E-state index contributed by atoms with van der Waals surface area (Å²) in [6.45, 7) is 1.84. The molecular weight excluding hydrogens is 308 g/mol. The maximum absolute atomic E-state index is 5.25.